The Hall–Kier alpha value is -2.82. The minimum absolute atomic E-state index is 0.0134. The van der Waals surface area contributed by atoms with Crippen LogP contribution in [0.2, 0.25) is 0 Å². The summed E-state index contributed by atoms with van der Waals surface area (Å²) >= 11 is 0. The monoisotopic (exact) mass is 679 g/mol. The molecule has 0 aliphatic carbocycles. The minimum Gasteiger partial charge on any atom is -0.394 e. The van der Waals surface area contributed by atoms with Gasteiger partial charge in [0.2, 0.25) is 11.8 Å². The molecule has 5 N–H and O–H groups in total. The second-order valence-corrected chi connectivity index (χ2v) is 15.8. The first kappa shape index (κ1) is 39.0. The van der Waals surface area contributed by atoms with E-state index in [-0.39, 0.29) is 30.8 Å². The van der Waals surface area contributed by atoms with Crippen LogP contribution in [0.4, 0.5) is 0 Å². The smallest absolute Gasteiger partial charge is 0.247 e. The molecular formula is C40H61N3O6. The summed E-state index contributed by atoms with van der Waals surface area (Å²) in [7, 11) is 0. The van der Waals surface area contributed by atoms with Crippen LogP contribution >= 0.6 is 0 Å². The van der Waals surface area contributed by atoms with Crippen LogP contribution < -0.4 is 10.6 Å². The van der Waals surface area contributed by atoms with Crippen molar-refractivity contribution in [2.45, 2.75) is 124 Å². The standard InChI is InChI=1S/C40H61N3O6/c1-10-24(2)32-18-26(4)33(36-35(46)34(45)22-31(23-44)49-36)21-30(32)20-29-12-11-28(17-25(29)3)19-27(5)39(6,7)37(47)42-40(8,9)38(48)43-15-13-41-14-16-43/h11-12,17-18,21,24,27,31,34-36,41,44-46H,10,13-16,19-20,22-23H2,1-9H3,(H,42,47). The van der Waals surface area contributed by atoms with Crippen molar-refractivity contribution in [1.82, 2.24) is 15.5 Å². The van der Waals surface area contributed by atoms with Crippen molar-refractivity contribution in [2.24, 2.45) is 11.3 Å². The Kier molecular flexibility index (Phi) is 12.7. The van der Waals surface area contributed by atoms with Crippen LogP contribution in [0.25, 0.3) is 0 Å². The van der Waals surface area contributed by atoms with E-state index in [2.05, 4.69) is 68.7 Å². The number of aryl methyl sites for hydroxylation is 2. The van der Waals surface area contributed by atoms with Gasteiger partial charge in [-0.3, -0.25) is 9.59 Å². The third-order valence-corrected chi connectivity index (χ3v) is 11.2. The van der Waals surface area contributed by atoms with E-state index >= 15 is 0 Å². The number of nitrogens with zero attached hydrogens (tertiary/aromatic N) is 1. The molecule has 4 rings (SSSR count). The predicted octanol–water partition coefficient (Wildman–Crippen LogP) is 4.48. The lowest BCUT2D eigenvalue weighted by Gasteiger charge is -2.38. The van der Waals surface area contributed by atoms with Crippen molar-refractivity contribution in [3.63, 3.8) is 0 Å². The lowest BCUT2D eigenvalue weighted by atomic mass is 9.75. The average Bonchev–Trinajstić information content (AvgIpc) is 3.07. The molecule has 2 aromatic rings. The summed E-state index contributed by atoms with van der Waals surface area (Å²) in [6, 6.07) is 10.9. The molecule has 49 heavy (non-hydrogen) atoms. The minimum atomic E-state index is -1.07. The number of rotatable bonds is 12. The molecule has 0 aromatic heterocycles. The highest BCUT2D eigenvalue weighted by atomic mass is 16.5. The van der Waals surface area contributed by atoms with Gasteiger partial charge >= 0.3 is 0 Å². The van der Waals surface area contributed by atoms with E-state index in [9.17, 15) is 24.9 Å². The fourth-order valence-electron chi connectivity index (χ4n) is 7.14. The second kappa shape index (κ2) is 16.0. The Morgan fingerprint density at radius 3 is 2.31 bits per heavy atom. The first-order valence-corrected chi connectivity index (χ1v) is 18.2. The van der Waals surface area contributed by atoms with Crippen LogP contribution in [0.5, 0.6) is 0 Å². The first-order valence-electron chi connectivity index (χ1n) is 18.2. The largest absolute Gasteiger partial charge is 0.394 e. The number of aliphatic hydroxyl groups excluding tert-OH is 3. The zero-order valence-electron chi connectivity index (χ0n) is 31.2. The van der Waals surface area contributed by atoms with Gasteiger partial charge in [-0.15, -0.1) is 0 Å². The Morgan fingerprint density at radius 2 is 1.69 bits per heavy atom. The van der Waals surface area contributed by atoms with Crippen LogP contribution in [-0.4, -0.2) is 88.7 Å². The SMILES string of the molecule is CCC(C)c1cc(C)c(C2OC(CO)CC(O)C2O)cc1Cc1ccc(CC(C)C(C)(C)C(=O)NC(C)(C)C(=O)N2CCNCC2)cc1C. The van der Waals surface area contributed by atoms with E-state index in [4.69, 9.17) is 4.74 Å². The van der Waals surface area contributed by atoms with Crippen LogP contribution in [0, 0.1) is 25.2 Å². The Balaban J connectivity index is 1.51. The molecule has 2 aromatic carbocycles. The van der Waals surface area contributed by atoms with Gasteiger partial charge in [-0.1, -0.05) is 65.0 Å². The highest BCUT2D eigenvalue weighted by Gasteiger charge is 2.41. The normalized spacial score (nSPS) is 23.2. The van der Waals surface area contributed by atoms with Gasteiger partial charge in [-0.05, 0) is 97.7 Å². The first-order chi connectivity index (χ1) is 23.0. The lowest BCUT2D eigenvalue weighted by molar-refractivity contribution is -0.179. The summed E-state index contributed by atoms with van der Waals surface area (Å²) in [5.74, 6) is 0.171. The van der Waals surface area contributed by atoms with Crippen molar-refractivity contribution in [3.05, 3.63) is 69.3 Å². The molecule has 0 spiro atoms. The molecule has 6 atom stereocenters. The summed E-state index contributed by atoms with van der Waals surface area (Å²) in [4.78, 5) is 28.7. The van der Waals surface area contributed by atoms with E-state index in [1.807, 2.05) is 25.7 Å². The van der Waals surface area contributed by atoms with Crippen LogP contribution in [0.15, 0.2) is 30.3 Å². The van der Waals surface area contributed by atoms with Gasteiger partial charge in [-0.2, -0.15) is 0 Å². The van der Waals surface area contributed by atoms with Gasteiger partial charge in [0.05, 0.1) is 18.8 Å². The number of aliphatic hydroxyl groups is 3. The summed E-state index contributed by atoms with van der Waals surface area (Å²) in [6.45, 7) is 20.8. The molecule has 2 fully saturated rings. The summed E-state index contributed by atoms with van der Waals surface area (Å²) in [5, 5.41) is 37.5. The third kappa shape index (κ3) is 8.92. The van der Waals surface area contributed by atoms with Crippen molar-refractivity contribution in [3.8, 4) is 0 Å². The molecule has 0 radical (unpaired) electrons. The molecule has 2 saturated heterocycles. The average molecular weight is 680 g/mol. The Bertz CT molecular complexity index is 1470. The molecule has 2 aliphatic rings. The van der Waals surface area contributed by atoms with Crippen LogP contribution in [-0.2, 0) is 27.2 Å². The molecule has 0 saturated carbocycles. The van der Waals surface area contributed by atoms with Gasteiger partial charge < -0.3 is 35.6 Å². The number of carbonyl (C=O) groups excluding carboxylic acids is 2. The number of benzene rings is 2. The van der Waals surface area contributed by atoms with Gasteiger partial charge in [0.1, 0.15) is 17.7 Å². The van der Waals surface area contributed by atoms with Crippen molar-refractivity contribution >= 4 is 11.8 Å². The Labute approximate surface area is 293 Å². The predicted molar refractivity (Wildman–Crippen MR) is 194 cm³/mol. The van der Waals surface area contributed by atoms with Gasteiger partial charge in [0.25, 0.3) is 0 Å². The Morgan fingerprint density at radius 1 is 1.02 bits per heavy atom. The highest BCUT2D eigenvalue weighted by Crippen LogP contribution is 2.38. The quantitative estimate of drug-likeness (QED) is 0.224. The van der Waals surface area contributed by atoms with Crippen LogP contribution in [0.3, 0.4) is 0 Å². The maximum atomic E-state index is 13.6. The maximum Gasteiger partial charge on any atom is 0.247 e. The summed E-state index contributed by atoms with van der Waals surface area (Å²) < 4.78 is 6.09. The fourth-order valence-corrected chi connectivity index (χ4v) is 7.14. The number of piperazine rings is 1. The zero-order valence-corrected chi connectivity index (χ0v) is 31.2. The van der Waals surface area contributed by atoms with E-state index in [0.717, 1.165) is 47.3 Å². The second-order valence-electron chi connectivity index (χ2n) is 15.8. The van der Waals surface area contributed by atoms with Crippen molar-refractivity contribution in [1.29, 1.82) is 0 Å². The van der Waals surface area contributed by atoms with Gasteiger partial charge in [0, 0.05) is 38.0 Å². The number of hydrogen-bond donors (Lipinski definition) is 5. The van der Waals surface area contributed by atoms with E-state index in [0.29, 0.717) is 31.8 Å². The number of hydrogen-bond acceptors (Lipinski definition) is 7. The third-order valence-electron chi connectivity index (χ3n) is 11.2. The molecule has 2 amide bonds. The van der Waals surface area contributed by atoms with Crippen molar-refractivity contribution in [2.75, 3.05) is 32.8 Å². The molecule has 2 aliphatic heterocycles. The molecule has 2 heterocycles. The topological polar surface area (TPSA) is 131 Å². The molecule has 6 unspecified atom stereocenters. The molecule has 9 heteroatoms. The molecular weight excluding hydrogens is 618 g/mol. The summed E-state index contributed by atoms with van der Waals surface area (Å²) in [6.07, 6.45) is -0.684. The number of carbonyl (C=O) groups is 2. The highest BCUT2D eigenvalue weighted by molar-refractivity contribution is 5.92. The van der Waals surface area contributed by atoms with E-state index in [1.165, 1.54) is 11.1 Å². The van der Waals surface area contributed by atoms with Gasteiger partial charge in [-0.25, -0.2) is 0 Å². The maximum absolute atomic E-state index is 13.6. The number of amides is 2. The number of ether oxygens (including phenoxy) is 1. The number of nitrogens with one attached hydrogen (secondary N) is 2. The summed E-state index contributed by atoms with van der Waals surface area (Å²) in [5.41, 5.74) is 6.08. The zero-order chi connectivity index (χ0) is 36.3. The fraction of sp³-hybridized carbons (Fsp3) is 0.650. The van der Waals surface area contributed by atoms with Crippen LogP contribution in [0.1, 0.15) is 112 Å². The molecule has 0 bridgehead atoms. The molecule has 272 valence electrons. The van der Waals surface area contributed by atoms with Gasteiger partial charge in [0.15, 0.2) is 0 Å². The van der Waals surface area contributed by atoms with E-state index < -0.39 is 35.4 Å². The lowest BCUT2D eigenvalue weighted by Crippen LogP contribution is -2.61. The van der Waals surface area contributed by atoms with E-state index in [1.54, 1.807) is 13.8 Å². The molecule has 9 nitrogen and oxygen atoms in total. The van der Waals surface area contributed by atoms with Crippen molar-refractivity contribution < 1.29 is 29.6 Å².